The van der Waals surface area contributed by atoms with Crippen LogP contribution >= 0.6 is 0 Å². The number of pyridine rings is 1. The molecule has 0 fully saturated rings. The van der Waals surface area contributed by atoms with E-state index in [1.807, 2.05) is 4.57 Å². The van der Waals surface area contributed by atoms with E-state index in [-0.39, 0.29) is 11.9 Å². The summed E-state index contributed by atoms with van der Waals surface area (Å²) < 4.78 is 48.3. The Morgan fingerprint density at radius 3 is 2.43 bits per heavy atom. The van der Waals surface area contributed by atoms with E-state index in [0.29, 0.717) is 28.2 Å². The molecule has 0 aliphatic rings. The molecular formula is C18H20F3N5O2. The van der Waals surface area contributed by atoms with Gasteiger partial charge in [0.1, 0.15) is 0 Å². The third-order valence-corrected chi connectivity index (χ3v) is 4.42. The maximum atomic E-state index is 12.4. The van der Waals surface area contributed by atoms with Gasteiger partial charge < -0.3 is 14.0 Å². The van der Waals surface area contributed by atoms with Crippen LogP contribution in [-0.2, 0) is 0 Å². The maximum absolute atomic E-state index is 12.4. The van der Waals surface area contributed by atoms with E-state index in [9.17, 15) is 13.2 Å². The van der Waals surface area contributed by atoms with E-state index in [1.54, 1.807) is 13.3 Å². The Balaban J connectivity index is 2.07. The van der Waals surface area contributed by atoms with Crippen LogP contribution in [0.15, 0.2) is 18.5 Å². The number of rotatable bonds is 6. The summed E-state index contributed by atoms with van der Waals surface area (Å²) in [7, 11) is 1.31. The second-order valence-corrected chi connectivity index (χ2v) is 6.18. The molecule has 0 saturated heterocycles. The van der Waals surface area contributed by atoms with Gasteiger partial charge in [0.15, 0.2) is 11.3 Å². The molecule has 0 bridgehead atoms. The average molecular weight is 395 g/mol. The maximum Gasteiger partial charge on any atom is 0.574 e. The molecule has 0 saturated carbocycles. The van der Waals surface area contributed by atoms with Crippen molar-refractivity contribution in [2.75, 3.05) is 7.11 Å². The summed E-state index contributed by atoms with van der Waals surface area (Å²) >= 11 is 0. The normalized spacial score (nSPS) is 12.0. The predicted octanol–water partition coefficient (Wildman–Crippen LogP) is 4.47. The van der Waals surface area contributed by atoms with Crippen molar-refractivity contribution in [3.8, 4) is 23.0 Å². The van der Waals surface area contributed by atoms with Gasteiger partial charge >= 0.3 is 6.36 Å². The summed E-state index contributed by atoms with van der Waals surface area (Å²) in [6.07, 6.45) is -1.26. The first-order chi connectivity index (χ1) is 13.3. The average Bonchev–Trinajstić information content (AvgIpc) is 3.03. The van der Waals surface area contributed by atoms with E-state index < -0.39 is 12.2 Å². The molecule has 3 aromatic heterocycles. The van der Waals surface area contributed by atoms with Crippen molar-refractivity contribution < 1.29 is 22.6 Å². The zero-order valence-electron chi connectivity index (χ0n) is 15.9. The third-order valence-electron chi connectivity index (χ3n) is 4.42. The number of aromatic nitrogens is 5. The predicted molar refractivity (Wildman–Crippen MR) is 96.1 cm³/mol. The van der Waals surface area contributed by atoms with Crippen LogP contribution in [0.2, 0.25) is 0 Å². The van der Waals surface area contributed by atoms with Gasteiger partial charge in [-0.1, -0.05) is 13.8 Å². The molecule has 0 amide bonds. The van der Waals surface area contributed by atoms with E-state index >= 15 is 0 Å². The number of aryl methyl sites for hydroxylation is 1. The number of hydrogen-bond donors (Lipinski definition) is 0. The van der Waals surface area contributed by atoms with Gasteiger partial charge in [-0.3, -0.25) is 0 Å². The van der Waals surface area contributed by atoms with E-state index in [0.717, 1.165) is 18.9 Å². The molecule has 3 heterocycles. The quantitative estimate of drug-likeness (QED) is 0.613. The number of alkyl halides is 3. The van der Waals surface area contributed by atoms with E-state index in [2.05, 4.69) is 38.5 Å². The number of ether oxygens (including phenoxy) is 2. The van der Waals surface area contributed by atoms with Crippen molar-refractivity contribution in [3.63, 3.8) is 0 Å². The first-order valence-electron chi connectivity index (χ1n) is 8.79. The first kappa shape index (κ1) is 19.8. The van der Waals surface area contributed by atoms with Gasteiger partial charge in [0.2, 0.25) is 11.8 Å². The lowest BCUT2D eigenvalue weighted by molar-refractivity contribution is -0.276. The summed E-state index contributed by atoms with van der Waals surface area (Å²) in [5, 5.41) is 0. The van der Waals surface area contributed by atoms with Crippen LogP contribution in [0.3, 0.4) is 0 Å². The second kappa shape index (κ2) is 7.61. The second-order valence-electron chi connectivity index (χ2n) is 6.18. The van der Waals surface area contributed by atoms with Crippen molar-refractivity contribution in [2.45, 2.75) is 46.0 Å². The number of halogens is 3. The number of methoxy groups -OCH3 is 1. The molecule has 3 rings (SSSR count). The SMILES string of the molecule is CCC(CC)n1cnc2nc(-c3ccc(OC(F)(F)F)nc3OC)c(C)nc21. The highest BCUT2D eigenvalue weighted by Crippen LogP contribution is 2.33. The van der Waals surface area contributed by atoms with Crippen LogP contribution in [-0.4, -0.2) is 38.0 Å². The Hall–Kier alpha value is -2.91. The first-order valence-corrected chi connectivity index (χ1v) is 8.79. The summed E-state index contributed by atoms with van der Waals surface area (Å²) in [5.41, 5.74) is 2.54. The molecule has 0 atom stereocenters. The summed E-state index contributed by atoms with van der Waals surface area (Å²) in [5.74, 6) is -0.657. The van der Waals surface area contributed by atoms with E-state index in [4.69, 9.17) is 4.74 Å². The molecule has 0 unspecified atom stereocenters. The van der Waals surface area contributed by atoms with Crippen molar-refractivity contribution in [2.24, 2.45) is 0 Å². The van der Waals surface area contributed by atoms with Crippen LogP contribution in [0, 0.1) is 6.92 Å². The highest BCUT2D eigenvalue weighted by Gasteiger charge is 2.32. The van der Waals surface area contributed by atoms with Gasteiger partial charge in [0.05, 0.1) is 30.4 Å². The number of imidazole rings is 1. The van der Waals surface area contributed by atoms with Crippen LogP contribution in [0.4, 0.5) is 13.2 Å². The summed E-state index contributed by atoms with van der Waals surface area (Å²) in [4.78, 5) is 17.3. The minimum atomic E-state index is -4.84. The van der Waals surface area contributed by atoms with Crippen LogP contribution in [0.5, 0.6) is 11.8 Å². The molecule has 0 spiro atoms. The number of nitrogens with zero attached hydrogens (tertiary/aromatic N) is 5. The summed E-state index contributed by atoms with van der Waals surface area (Å²) in [6, 6.07) is 2.78. The van der Waals surface area contributed by atoms with Gasteiger partial charge in [-0.15, -0.1) is 13.2 Å². The minimum Gasteiger partial charge on any atom is -0.480 e. The molecule has 0 aliphatic carbocycles. The molecule has 150 valence electrons. The third kappa shape index (κ3) is 3.85. The zero-order valence-corrected chi connectivity index (χ0v) is 15.9. The Labute approximate surface area is 159 Å². The lowest BCUT2D eigenvalue weighted by Crippen LogP contribution is -2.18. The van der Waals surface area contributed by atoms with Crippen molar-refractivity contribution >= 4 is 11.3 Å². The monoisotopic (exact) mass is 395 g/mol. The van der Waals surface area contributed by atoms with Gasteiger partial charge in [-0.2, -0.15) is 4.98 Å². The molecule has 7 nitrogen and oxygen atoms in total. The van der Waals surface area contributed by atoms with Crippen molar-refractivity contribution in [3.05, 3.63) is 24.2 Å². The minimum absolute atomic E-state index is 0.0436. The highest BCUT2D eigenvalue weighted by molar-refractivity contribution is 5.75. The Morgan fingerprint density at radius 1 is 1.11 bits per heavy atom. The molecule has 3 aromatic rings. The lowest BCUT2D eigenvalue weighted by Gasteiger charge is -2.15. The molecule has 0 radical (unpaired) electrons. The number of fused-ring (bicyclic) bond motifs is 1. The Kier molecular flexibility index (Phi) is 5.39. The van der Waals surface area contributed by atoms with Crippen LogP contribution < -0.4 is 9.47 Å². The van der Waals surface area contributed by atoms with Crippen molar-refractivity contribution in [1.29, 1.82) is 0 Å². The number of hydrogen-bond acceptors (Lipinski definition) is 6. The zero-order chi connectivity index (χ0) is 20.5. The molecular weight excluding hydrogens is 375 g/mol. The van der Waals surface area contributed by atoms with Gasteiger partial charge in [0.25, 0.3) is 0 Å². The van der Waals surface area contributed by atoms with E-state index in [1.165, 1.54) is 13.2 Å². The largest absolute Gasteiger partial charge is 0.574 e. The smallest absolute Gasteiger partial charge is 0.480 e. The molecule has 10 heteroatoms. The lowest BCUT2D eigenvalue weighted by atomic mass is 10.1. The molecule has 28 heavy (non-hydrogen) atoms. The Bertz CT molecular complexity index is 983. The molecule has 0 N–H and O–H groups in total. The Morgan fingerprint density at radius 2 is 1.82 bits per heavy atom. The fourth-order valence-corrected chi connectivity index (χ4v) is 3.07. The van der Waals surface area contributed by atoms with Gasteiger partial charge in [-0.25, -0.2) is 15.0 Å². The van der Waals surface area contributed by atoms with Gasteiger partial charge in [0, 0.05) is 12.1 Å². The molecule has 0 aliphatic heterocycles. The van der Waals surface area contributed by atoms with Gasteiger partial charge in [-0.05, 0) is 25.8 Å². The molecule has 0 aromatic carbocycles. The van der Waals surface area contributed by atoms with Crippen molar-refractivity contribution in [1.82, 2.24) is 24.5 Å². The fourth-order valence-electron chi connectivity index (χ4n) is 3.07. The summed E-state index contributed by atoms with van der Waals surface area (Å²) in [6.45, 7) is 5.96. The van der Waals surface area contributed by atoms with Crippen LogP contribution in [0.25, 0.3) is 22.6 Å². The van der Waals surface area contributed by atoms with Crippen LogP contribution in [0.1, 0.15) is 38.4 Å². The highest BCUT2D eigenvalue weighted by atomic mass is 19.4. The standard InChI is InChI=1S/C18H20F3N5O2/c1-5-11(6-2)26-9-22-15-16(26)23-10(3)14(25-15)12-7-8-13(24-17(12)27-4)28-18(19,20)21/h7-9,11H,5-6H2,1-4H3. The topological polar surface area (TPSA) is 75.0 Å². The fraction of sp³-hybridized carbons (Fsp3) is 0.444.